The maximum atomic E-state index is 13.0. The van der Waals surface area contributed by atoms with Gasteiger partial charge in [0.2, 0.25) is 0 Å². The number of aliphatic hydroxyl groups is 1. The van der Waals surface area contributed by atoms with E-state index in [2.05, 4.69) is 5.32 Å². The Balaban J connectivity index is 1.69. The van der Waals surface area contributed by atoms with Gasteiger partial charge in [0, 0.05) is 32.7 Å². The van der Waals surface area contributed by atoms with Crippen LogP contribution in [0, 0.1) is 0 Å². The highest BCUT2D eigenvalue weighted by atomic mass is 19.3. The molecule has 0 unspecified atom stereocenters. The van der Waals surface area contributed by atoms with Gasteiger partial charge in [-0.3, -0.25) is 0 Å². The first-order valence-corrected chi connectivity index (χ1v) is 6.61. The molecule has 0 radical (unpaired) electrons. The van der Waals surface area contributed by atoms with Crippen molar-refractivity contribution in [1.29, 1.82) is 0 Å². The lowest BCUT2D eigenvalue weighted by Gasteiger charge is -2.32. The van der Waals surface area contributed by atoms with E-state index in [4.69, 9.17) is 4.74 Å². The van der Waals surface area contributed by atoms with E-state index in [0.717, 1.165) is 4.90 Å². The van der Waals surface area contributed by atoms with Crippen molar-refractivity contribution in [3.05, 3.63) is 0 Å². The monoisotopic (exact) mass is 278 g/mol. The van der Waals surface area contributed by atoms with Gasteiger partial charge >= 0.3 is 6.03 Å². The number of halogens is 2. The molecule has 19 heavy (non-hydrogen) atoms. The van der Waals surface area contributed by atoms with Gasteiger partial charge in [-0.1, -0.05) is 0 Å². The molecule has 2 aliphatic rings. The molecule has 2 amide bonds. The number of ether oxygens (including phenoxy) is 1. The first kappa shape index (κ1) is 14.5. The zero-order valence-corrected chi connectivity index (χ0v) is 10.8. The predicted molar refractivity (Wildman–Crippen MR) is 64.2 cm³/mol. The smallest absolute Gasteiger partial charge is 0.317 e. The largest absolute Gasteiger partial charge is 0.390 e. The second-order valence-electron chi connectivity index (χ2n) is 5.35. The zero-order chi connectivity index (χ0) is 13.9. The van der Waals surface area contributed by atoms with Crippen LogP contribution in [0.2, 0.25) is 0 Å². The van der Waals surface area contributed by atoms with Crippen LogP contribution in [0.15, 0.2) is 0 Å². The van der Waals surface area contributed by atoms with Crippen LogP contribution in [0.25, 0.3) is 0 Å². The molecule has 0 spiro atoms. The number of hydrogen-bond acceptors (Lipinski definition) is 3. The van der Waals surface area contributed by atoms with E-state index >= 15 is 0 Å². The van der Waals surface area contributed by atoms with Gasteiger partial charge in [0.15, 0.2) is 0 Å². The summed E-state index contributed by atoms with van der Waals surface area (Å²) < 4.78 is 31.1. The zero-order valence-electron chi connectivity index (χ0n) is 10.8. The number of amides is 2. The molecule has 0 saturated carbocycles. The molecule has 2 heterocycles. The van der Waals surface area contributed by atoms with Crippen LogP contribution in [-0.4, -0.2) is 60.4 Å². The highest BCUT2D eigenvalue weighted by molar-refractivity contribution is 5.74. The molecule has 0 atom stereocenters. The third kappa shape index (κ3) is 4.01. The van der Waals surface area contributed by atoms with E-state index in [9.17, 15) is 18.7 Å². The quantitative estimate of drug-likeness (QED) is 0.808. The highest BCUT2D eigenvalue weighted by Gasteiger charge is 2.40. The minimum Gasteiger partial charge on any atom is -0.390 e. The van der Waals surface area contributed by atoms with Gasteiger partial charge < -0.3 is 20.1 Å². The fourth-order valence-corrected chi connectivity index (χ4v) is 2.42. The number of urea groups is 1. The van der Waals surface area contributed by atoms with Crippen molar-refractivity contribution in [2.45, 2.75) is 37.2 Å². The molecule has 0 aliphatic carbocycles. The summed E-state index contributed by atoms with van der Waals surface area (Å²) in [6.45, 7) is 0.886. The van der Waals surface area contributed by atoms with Crippen molar-refractivity contribution in [2.75, 3.05) is 32.8 Å². The van der Waals surface area contributed by atoms with Gasteiger partial charge in [-0.2, -0.15) is 0 Å². The molecule has 2 rings (SSSR count). The van der Waals surface area contributed by atoms with Crippen LogP contribution in [0.1, 0.15) is 25.7 Å². The normalized spacial score (nSPS) is 25.3. The number of rotatable bonds is 3. The average molecular weight is 278 g/mol. The number of nitrogens with one attached hydrogen (secondary N) is 1. The lowest BCUT2D eigenvalue weighted by atomic mass is 9.91. The van der Waals surface area contributed by atoms with Crippen LogP contribution in [0.4, 0.5) is 13.6 Å². The standard InChI is InChI=1S/C12H20F2N2O3/c13-12(14)2-6-16(9-12)10(17)15-5-1-11(18)3-7-19-8-4-11/h18H,1-9H2,(H,15,17). The summed E-state index contributed by atoms with van der Waals surface area (Å²) in [7, 11) is 0. The van der Waals surface area contributed by atoms with Gasteiger partial charge in [-0.15, -0.1) is 0 Å². The van der Waals surface area contributed by atoms with E-state index in [-0.39, 0.29) is 19.5 Å². The molecule has 2 fully saturated rings. The molecule has 2 aliphatic heterocycles. The molecule has 0 aromatic heterocycles. The van der Waals surface area contributed by atoms with Gasteiger partial charge in [0.05, 0.1) is 12.1 Å². The van der Waals surface area contributed by atoms with Crippen molar-refractivity contribution >= 4 is 6.03 Å². The van der Waals surface area contributed by atoms with Gasteiger partial charge in [0.1, 0.15) is 0 Å². The van der Waals surface area contributed by atoms with Crippen molar-refractivity contribution in [1.82, 2.24) is 10.2 Å². The third-order valence-corrected chi connectivity index (χ3v) is 3.75. The Morgan fingerprint density at radius 3 is 2.58 bits per heavy atom. The second kappa shape index (κ2) is 5.58. The minimum absolute atomic E-state index is 0.0803. The van der Waals surface area contributed by atoms with Crippen LogP contribution >= 0.6 is 0 Å². The molecular weight excluding hydrogens is 258 g/mol. The molecule has 7 heteroatoms. The Bertz CT molecular complexity index is 333. The molecule has 0 aromatic carbocycles. The topological polar surface area (TPSA) is 61.8 Å². The molecular formula is C12H20F2N2O3. The van der Waals surface area contributed by atoms with Crippen LogP contribution in [-0.2, 0) is 4.74 Å². The summed E-state index contributed by atoms with van der Waals surface area (Å²) in [5.41, 5.74) is -0.805. The Kier molecular flexibility index (Phi) is 4.25. The number of alkyl halides is 2. The van der Waals surface area contributed by atoms with Gasteiger partial charge in [0.25, 0.3) is 5.92 Å². The molecule has 0 aromatic rings. The summed E-state index contributed by atoms with van der Waals surface area (Å²) in [5.74, 6) is -2.77. The van der Waals surface area contributed by atoms with Crippen LogP contribution < -0.4 is 5.32 Å². The van der Waals surface area contributed by atoms with E-state index in [0.29, 0.717) is 32.5 Å². The minimum atomic E-state index is -2.77. The highest BCUT2D eigenvalue weighted by Crippen LogP contribution is 2.27. The Morgan fingerprint density at radius 1 is 1.32 bits per heavy atom. The van der Waals surface area contributed by atoms with Crippen LogP contribution in [0.3, 0.4) is 0 Å². The number of nitrogens with zero attached hydrogens (tertiary/aromatic N) is 1. The van der Waals surface area contributed by atoms with Crippen molar-refractivity contribution < 1.29 is 23.4 Å². The number of likely N-dealkylation sites (tertiary alicyclic amines) is 1. The van der Waals surface area contributed by atoms with Gasteiger partial charge in [-0.05, 0) is 19.3 Å². The Hall–Kier alpha value is -0.950. The second-order valence-corrected chi connectivity index (χ2v) is 5.35. The van der Waals surface area contributed by atoms with Gasteiger partial charge in [-0.25, -0.2) is 13.6 Å². The van der Waals surface area contributed by atoms with Crippen LogP contribution in [0.5, 0.6) is 0 Å². The fraction of sp³-hybridized carbons (Fsp3) is 0.917. The Labute approximate surface area is 110 Å². The Morgan fingerprint density at radius 2 is 2.00 bits per heavy atom. The SMILES string of the molecule is O=C(NCCC1(O)CCOCC1)N1CCC(F)(F)C1. The number of carbonyl (C=O) groups is 1. The molecule has 5 nitrogen and oxygen atoms in total. The van der Waals surface area contributed by atoms with E-state index in [1.807, 2.05) is 0 Å². The lowest BCUT2D eigenvalue weighted by Crippen LogP contribution is -2.43. The first-order valence-electron chi connectivity index (χ1n) is 6.61. The molecule has 0 bridgehead atoms. The van der Waals surface area contributed by atoms with E-state index in [1.165, 1.54) is 0 Å². The van der Waals surface area contributed by atoms with E-state index < -0.39 is 24.1 Å². The van der Waals surface area contributed by atoms with Crippen molar-refractivity contribution in [2.24, 2.45) is 0 Å². The molecule has 110 valence electrons. The maximum absolute atomic E-state index is 13.0. The first-order chi connectivity index (χ1) is 8.90. The summed E-state index contributed by atoms with van der Waals surface area (Å²) in [6, 6.07) is -0.479. The summed E-state index contributed by atoms with van der Waals surface area (Å²) >= 11 is 0. The summed E-state index contributed by atoms with van der Waals surface area (Å²) in [5, 5.41) is 12.8. The average Bonchev–Trinajstić information content (AvgIpc) is 2.70. The molecule has 2 N–H and O–H groups in total. The van der Waals surface area contributed by atoms with Crippen molar-refractivity contribution in [3.63, 3.8) is 0 Å². The maximum Gasteiger partial charge on any atom is 0.317 e. The van der Waals surface area contributed by atoms with E-state index in [1.54, 1.807) is 0 Å². The number of carbonyl (C=O) groups excluding carboxylic acids is 1. The summed E-state index contributed by atoms with van der Waals surface area (Å²) in [4.78, 5) is 12.8. The van der Waals surface area contributed by atoms with Crippen molar-refractivity contribution in [3.8, 4) is 0 Å². The lowest BCUT2D eigenvalue weighted by molar-refractivity contribution is -0.0670. The third-order valence-electron chi connectivity index (χ3n) is 3.75. The number of hydrogen-bond donors (Lipinski definition) is 2. The predicted octanol–water partition coefficient (Wildman–Crippen LogP) is 0.969. The summed E-state index contributed by atoms with van der Waals surface area (Å²) in [6.07, 6.45) is 1.24. The fourth-order valence-electron chi connectivity index (χ4n) is 2.42. The molecule has 2 saturated heterocycles.